The molecule has 0 aliphatic carbocycles. The number of phosphoric ester groups is 1. The van der Waals surface area contributed by atoms with Crippen LogP contribution in [0.15, 0.2) is 0 Å². The Morgan fingerprint density at radius 2 is 0.500 bits per heavy atom. The third-order valence-electron chi connectivity index (χ3n) is 4.50. The van der Waals surface area contributed by atoms with Gasteiger partial charge >= 0.3 is 79.3 Å². The molecule has 0 fully saturated rings. The van der Waals surface area contributed by atoms with Gasteiger partial charge in [-0.2, -0.15) is 110 Å². The molecule has 0 heterocycles. The van der Waals surface area contributed by atoms with E-state index in [9.17, 15) is 114 Å². The van der Waals surface area contributed by atoms with Gasteiger partial charge in [-0.05, 0) is 0 Å². The number of halogens is 25. The number of rotatable bonds is 12. The first-order chi connectivity index (χ1) is 17.5. The van der Waals surface area contributed by atoms with Gasteiger partial charge in [-0.15, -0.1) is 0 Å². The zero-order valence-electron chi connectivity index (χ0n) is 17.6. The first kappa shape index (κ1) is 40.4. The summed E-state index contributed by atoms with van der Waals surface area (Å²) in [5.74, 6) is -93.6. The molecule has 0 rings (SSSR count). The monoisotopic (exact) mass is 716 g/mol. The minimum Gasteiger partial charge on any atom is -0.303 e. The van der Waals surface area contributed by atoms with E-state index in [2.05, 4.69) is 0 Å². The van der Waals surface area contributed by atoms with E-state index in [0.717, 1.165) is 0 Å². The molecule has 4 nitrogen and oxygen atoms in total. The predicted octanol–water partition coefficient (Wildman–Crippen LogP) is 7.60. The molecular weight excluding hydrogens is 714 g/mol. The van der Waals surface area contributed by atoms with Crippen molar-refractivity contribution in [1.29, 1.82) is 0 Å². The van der Waals surface area contributed by atoms with Gasteiger partial charge in [0.05, 0.1) is 0 Å². The van der Waals surface area contributed by atoms with Gasteiger partial charge in [0.2, 0.25) is 0 Å². The first-order valence-corrected chi connectivity index (χ1v) is 9.97. The van der Waals surface area contributed by atoms with Crippen LogP contribution in [0.4, 0.5) is 110 Å². The largest absolute Gasteiger partial charge is 0.474 e. The average molecular weight is 716 g/mol. The Kier molecular flexibility index (Phi) is 9.30. The van der Waals surface area contributed by atoms with Crippen molar-refractivity contribution in [3.05, 3.63) is 0 Å². The molecule has 0 aromatic carbocycles. The Morgan fingerprint density at radius 3 is 0.667 bits per heavy atom. The quantitative estimate of drug-likeness (QED) is 0.161. The summed E-state index contributed by atoms with van der Waals surface area (Å²) < 4.78 is 340. The predicted molar refractivity (Wildman–Crippen MR) is 73.6 cm³/mol. The molecule has 0 aromatic heterocycles. The van der Waals surface area contributed by atoms with E-state index in [4.69, 9.17) is 9.79 Å². The van der Waals surface area contributed by atoms with Gasteiger partial charge in [0.1, 0.15) is 0 Å². The summed E-state index contributed by atoms with van der Waals surface area (Å²) >= 11 is 0. The van der Waals surface area contributed by atoms with Crippen LogP contribution in [-0.4, -0.2) is 81.3 Å². The lowest BCUT2D eigenvalue weighted by Crippen LogP contribution is -2.78. The Labute approximate surface area is 209 Å². The zero-order valence-corrected chi connectivity index (χ0v) is 18.5. The number of hydrogen-bond donors (Lipinski definition) is 2. The van der Waals surface area contributed by atoms with Crippen LogP contribution in [0.25, 0.3) is 0 Å². The van der Waals surface area contributed by atoms with Gasteiger partial charge < -0.3 is 9.79 Å². The number of alkyl halides is 25. The van der Waals surface area contributed by atoms with Gasteiger partial charge in [-0.3, -0.25) is 0 Å². The van der Waals surface area contributed by atoms with Gasteiger partial charge in [0.15, 0.2) is 0 Å². The molecule has 0 saturated carbocycles. The molecule has 0 atom stereocenters. The maximum Gasteiger partial charge on any atom is 0.474 e. The molecule has 0 aromatic rings. The molecule has 0 amide bonds. The fourth-order valence-electron chi connectivity index (χ4n) is 2.14. The van der Waals surface area contributed by atoms with Crippen LogP contribution in [0.5, 0.6) is 0 Å². The highest BCUT2D eigenvalue weighted by Crippen LogP contribution is 2.68. The third-order valence-corrected chi connectivity index (χ3v) is 4.97. The van der Waals surface area contributed by atoms with Crippen molar-refractivity contribution in [2.75, 3.05) is 0 Å². The van der Waals surface area contributed by atoms with E-state index >= 15 is 0 Å². The Bertz CT molecular complexity index is 1050. The van der Waals surface area contributed by atoms with Crippen molar-refractivity contribution in [3.63, 3.8) is 0 Å². The minimum atomic E-state index is -9.74. The summed E-state index contributed by atoms with van der Waals surface area (Å²) in [6.07, 6.45) is -16.2. The van der Waals surface area contributed by atoms with Crippen molar-refractivity contribution >= 4 is 7.82 Å². The highest BCUT2D eigenvalue weighted by atomic mass is 31.2. The molecule has 0 saturated heterocycles. The van der Waals surface area contributed by atoms with E-state index < -0.39 is 79.3 Å². The van der Waals surface area contributed by atoms with Crippen LogP contribution < -0.4 is 0 Å². The molecule has 30 heteroatoms. The maximum atomic E-state index is 13.5. The van der Waals surface area contributed by atoms with Gasteiger partial charge in [0.25, 0.3) is 0 Å². The summed E-state index contributed by atoms with van der Waals surface area (Å²) in [6.45, 7) is 0. The highest BCUT2D eigenvalue weighted by molar-refractivity contribution is 7.46. The van der Waals surface area contributed by atoms with E-state index in [1.54, 1.807) is 4.52 Å². The van der Waals surface area contributed by atoms with Crippen molar-refractivity contribution in [3.8, 4) is 0 Å². The average Bonchev–Trinajstić information content (AvgIpc) is 2.69. The van der Waals surface area contributed by atoms with Crippen molar-refractivity contribution in [2.24, 2.45) is 0 Å². The number of phosphoric acid groups is 1. The Hall–Kier alpha value is -1.64. The number of hydrogen-bond acceptors (Lipinski definition) is 2. The third kappa shape index (κ3) is 5.01. The SMILES string of the molecule is O=P(O)(O)OC(F)(F)C(F)(F)C(F)(F)C(F)(F)C(F)(F)C(F)(F)C(F)(F)C(F)(F)C(F)(F)C(F)(F)C(F)(F)C(F)(F)F. The summed E-state index contributed by atoms with van der Waals surface area (Å²) in [7, 11) is -7.35. The fraction of sp³-hybridized carbons (Fsp3) is 1.00. The van der Waals surface area contributed by atoms with Crippen molar-refractivity contribution < 1.29 is 129 Å². The highest BCUT2D eigenvalue weighted by Gasteiger charge is 2.99. The summed E-state index contributed by atoms with van der Waals surface area (Å²) in [5.41, 5.74) is 0. The molecule has 0 aliphatic rings. The Balaban J connectivity index is 7.36. The molecule has 0 unspecified atom stereocenters. The van der Waals surface area contributed by atoms with Crippen LogP contribution in [0.3, 0.4) is 0 Å². The molecule has 0 aliphatic heterocycles. The molecule has 0 bridgehead atoms. The topological polar surface area (TPSA) is 66.8 Å². The second-order valence-corrected chi connectivity index (χ2v) is 8.50. The van der Waals surface area contributed by atoms with Crippen LogP contribution in [0, 0.1) is 0 Å². The van der Waals surface area contributed by atoms with Crippen molar-refractivity contribution in [1.82, 2.24) is 0 Å². The van der Waals surface area contributed by atoms with E-state index in [1.165, 1.54) is 0 Å². The lowest BCUT2D eigenvalue weighted by atomic mass is 9.85. The van der Waals surface area contributed by atoms with Crippen LogP contribution in [0.1, 0.15) is 0 Å². The molecule has 42 heavy (non-hydrogen) atoms. The first-order valence-electron chi connectivity index (χ1n) is 8.44. The van der Waals surface area contributed by atoms with Crippen molar-refractivity contribution in [2.45, 2.75) is 71.5 Å². The standard InChI is InChI=1S/C12H2F25O4P/c13-1(14,3(17,18)5(21,22)7(25,26)9(29,30)11(33,34)35)2(15,16)4(19,20)6(23,24)8(27,28)10(31,32)12(36,37)41-42(38,39)40/h(H2,38,39,40). The second kappa shape index (κ2) is 9.68. The summed E-state index contributed by atoms with van der Waals surface area (Å²) in [6, 6.07) is 0. The van der Waals surface area contributed by atoms with Gasteiger partial charge in [-0.25, -0.2) is 9.09 Å². The van der Waals surface area contributed by atoms with Crippen LogP contribution in [0.2, 0.25) is 0 Å². The fourth-order valence-corrected chi connectivity index (χ4v) is 2.56. The van der Waals surface area contributed by atoms with E-state index in [1.807, 2.05) is 0 Å². The summed E-state index contributed by atoms with van der Waals surface area (Å²) in [5, 5.41) is 0. The van der Waals surface area contributed by atoms with E-state index in [-0.39, 0.29) is 0 Å². The molecule has 0 spiro atoms. The van der Waals surface area contributed by atoms with Gasteiger partial charge in [-0.1, -0.05) is 0 Å². The summed E-state index contributed by atoms with van der Waals surface area (Å²) in [4.78, 5) is 15.7. The van der Waals surface area contributed by atoms with Gasteiger partial charge in [0, 0.05) is 0 Å². The zero-order chi connectivity index (χ0) is 35.2. The maximum absolute atomic E-state index is 13.5. The lowest BCUT2D eigenvalue weighted by molar-refractivity contribution is -0.486. The molecule has 0 radical (unpaired) electrons. The second-order valence-electron chi connectivity index (χ2n) is 7.34. The van der Waals surface area contributed by atoms with E-state index in [0.29, 0.717) is 0 Å². The smallest absolute Gasteiger partial charge is 0.303 e. The molecule has 2 N–H and O–H groups in total. The lowest BCUT2D eigenvalue weighted by Gasteiger charge is -2.45. The van der Waals surface area contributed by atoms with Crippen LogP contribution in [-0.2, 0) is 9.09 Å². The normalized spacial score (nSPS) is 17.1. The minimum absolute atomic E-state index is 1.56. The Morgan fingerprint density at radius 1 is 0.333 bits per heavy atom. The molecular formula is C12H2F25O4P. The molecule has 254 valence electrons. The van der Waals surface area contributed by atoms with Crippen LogP contribution >= 0.6 is 7.82 Å².